The molecule has 0 radical (unpaired) electrons. The Hall–Kier alpha value is -4.21. The van der Waals surface area contributed by atoms with Crippen LogP contribution in [0.25, 0.3) is 0 Å². The second-order valence-corrected chi connectivity index (χ2v) is 15.3. The maximum Gasteiger partial charge on any atom is 0.407 e. The molecule has 0 fully saturated rings. The van der Waals surface area contributed by atoms with Gasteiger partial charge in [-0.15, -0.1) is 0 Å². The van der Waals surface area contributed by atoms with Gasteiger partial charge in [0.05, 0.1) is 50.2 Å². The summed E-state index contributed by atoms with van der Waals surface area (Å²) in [6.45, 7) is 15.0. The molecule has 4 atom stereocenters. The zero-order chi connectivity index (χ0) is 40.4. The van der Waals surface area contributed by atoms with Crippen molar-refractivity contribution in [2.24, 2.45) is 11.5 Å². The second kappa shape index (κ2) is 22.8. The summed E-state index contributed by atoms with van der Waals surface area (Å²) in [5.41, 5.74) is 11.5. The Kier molecular flexibility index (Phi) is 20.1. The monoisotopic (exact) mass is 808 g/mol. The molecule has 0 bridgehead atoms. The second-order valence-electron chi connectivity index (χ2n) is 14.4. The Labute approximate surface area is 321 Å². The molecule has 0 aliphatic heterocycles. The Morgan fingerprint density at radius 2 is 1.02 bits per heavy atom. The minimum Gasteiger partial charge on any atom is -0.465 e. The molecule has 0 unspecified atom stereocenters. The average molecular weight is 810 g/mol. The molecule has 0 aliphatic rings. The third kappa shape index (κ3) is 21.8. The fourth-order valence-corrected chi connectivity index (χ4v) is 4.75. The molecule has 296 valence electrons. The fourth-order valence-electron chi connectivity index (χ4n) is 4.49. The smallest absolute Gasteiger partial charge is 0.407 e. The van der Waals surface area contributed by atoms with E-state index in [1.165, 1.54) is 7.11 Å². The van der Waals surface area contributed by atoms with E-state index >= 15 is 0 Å². The standard InChI is InChI=1S/C20H30N2O6.C18H27BrN2O4/c1-13(27-12-14-6-8-15(9-7-14)18(24)26-5)16(10-11-17(21)23)22-19(25)28-20(2,3)4;1-12(24-11-13-5-7-14(19)8-6-13)15(9-10-16(20)22)21-17(23)25-18(2,3)4/h6-9,13,16H,10-12H2,1-5H3,(H2,21,23)(H,22,25);5-8,12,15H,9-11H2,1-4H3,(H2,20,22)(H,21,23)/t13-,16+;12-,15+/m11/s1. The molecule has 0 spiro atoms. The van der Waals surface area contributed by atoms with Crippen molar-refractivity contribution in [1.82, 2.24) is 10.6 Å². The highest BCUT2D eigenvalue weighted by Gasteiger charge is 2.26. The number of hydrogen-bond acceptors (Lipinski definition) is 10. The summed E-state index contributed by atoms with van der Waals surface area (Å²) in [4.78, 5) is 57.8. The van der Waals surface area contributed by atoms with Crippen molar-refractivity contribution in [3.05, 3.63) is 69.7 Å². The number of hydrogen-bond donors (Lipinski definition) is 4. The van der Waals surface area contributed by atoms with Crippen molar-refractivity contribution in [2.75, 3.05) is 7.11 Å². The van der Waals surface area contributed by atoms with Crippen molar-refractivity contribution in [3.63, 3.8) is 0 Å². The Balaban J connectivity index is 0.000000533. The van der Waals surface area contributed by atoms with Crippen molar-refractivity contribution in [2.45, 2.75) is 130 Å². The van der Waals surface area contributed by atoms with E-state index in [1.807, 2.05) is 31.2 Å². The van der Waals surface area contributed by atoms with Crippen molar-refractivity contribution < 1.29 is 47.7 Å². The number of benzene rings is 2. The highest BCUT2D eigenvalue weighted by Crippen LogP contribution is 2.16. The van der Waals surface area contributed by atoms with Crippen LogP contribution in [0.4, 0.5) is 9.59 Å². The number of ether oxygens (including phenoxy) is 5. The first kappa shape index (κ1) is 46.8. The summed E-state index contributed by atoms with van der Waals surface area (Å²) >= 11 is 3.39. The van der Waals surface area contributed by atoms with Crippen LogP contribution in [0.2, 0.25) is 0 Å². The number of primary amides is 2. The van der Waals surface area contributed by atoms with Gasteiger partial charge in [-0.1, -0.05) is 40.2 Å². The maximum atomic E-state index is 12.1. The van der Waals surface area contributed by atoms with E-state index in [0.29, 0.717) is 25.0 Å². The van der Waals surface area contributed by atoms with E-state index in [-0.39, 0.29) is 31.6 Å². The minimum atomic E-state index is -0.635. The molecule has 2 aromatic rings. The first-order chi connectivity index (χ1) is 24.6. The van der Waals surface area contributed by atoms with Gasteiger partial charge in [0.1, 0.15) is 11.2 Å². The van der Waals surface area contributed by atoms with Crippen LogP contribution >= 0.6 is 15.9 Å². The Bertz CT molecular complexity index is 1460. The average Bonchev–Trinajstić information content (AvgIpc) is 3.05. The molecular weight excluding hydrogens is 752 g/mol. The molecule has 15 heteroatoms. The lowest BCUT2D eigenvalue weighted by Crippen LogP contribution is -2.45. The van der Waals surface area contributed by atoms with Gasteiger partial charge >= 0.3 is 18.2 Å². The number of alkyl carbamates (subject to hydrolysis) is 2. The predicted octanol–water partition coefficient (Wildman–Crippen LogP) is 6.05. The topological polar surface area (TPSA) is 208 Å². The summed E-state index contributed by atoms with van der Waals surface area (Å²) in [7, 11) is 1.32. The van der Waals surface area contributed by atoms with Gasteiger partial charge in [-0.2, -0.15) is 0 Å². The highest BCUT2D eigenvalue weighted by molar-refractivity contribution is 9.10. The van der Waals surface area contributed by atoms with E-state index in [9.17, 15) is 24.0 Å². The first-order valence-corrected chi connectivity index (χ1v) is 18.1. The van der Waals surface area contributed by atoms with Gasteiger partial charge in [-0.25, -0.2) is 14.4 Å². The van der Waals surface area contributed by atoms with Crippen molar-refractivity contribution in [3.8, 4) is 0 Å². The SMILES string of the molecule is COC(=O)c1ccc(CO[C@H](C)[C@H](CCC(N)=O)NC(=O)OC(C)(C)C)cc1.C[C@@H](OCc1ccc(Br)cc1)[C@H](CCC(N)=O)NC(=O)OC(C)(C)C. The number of halogens is 1. The van der Waals surface area contributed by atoms with Crippen LogP contribution in [0.1, 0.15) is 103 Å². The van der Waals surface area contributed by atoms with Crippen LogP contribution < -0.4 is 22.1 Å². The van der Waals surface area contributed by atoms with Gasteiger partial charge in [-0.3, -0.25) is 9.59 Å². The maximum absolute atomic E-state index is 12.1. The van der Waals surface area contributed by atoms with Gasteiger partial charge in [0.15, 0.2) is 0 Å². The summed E-state index contributed by atoms with van der Waals surface area (Å²) in [6.07, 6.45) is -0.842. The predicted molar refractivity (Wildman–Crippen MR) is 204 cm³/mol. The van der Waals surface area contributed by atoms with E-state index in [2.05, 4.69) is 31.3 Å². The summed E-state index contributed by atoms with van der Waals surface area (Å²) in [5, 5.41) is 5.51. The molecular formula is C38H57BrN4O10. The van der Waals surface area contributed by atoms with Gasteiger partial charge in [0, 0.05) is 17.3 Å². The minimum absolute atomic E-state index is 0.113. The lowest BCUT2D eigenvalue weighted by Gasteiger charge is -2.27. The van der Waals surface area contributed by atoms with Crippen LogP contribution in [0.5, 0.6) is 0 Å². The zero-order valence-electron chi connectivity index (χ0n) is 32.3. The molecule has 0 saturated heterocycles. The largest absolute Gasteiger partial charge is 0.465 e. The number of amides is 4. The number of carbonyl (C=O) groups is 5. The Morgan fingerprint density at radius 3 is 1.34 bits per heavy atom. The molecule has 2 aromatic carbocycles. The lowest BCUT2D eigenvalue weighted by atomic mass is 10.1. The fraction of sp³-hybridized carbons (Fsp3) is 0.553. The molecule has 2 rings (SSSR count). The van der Waals surface area contributed by atoms with Crippen LogP contribution in [0.3, 0.4) is 0 Å². The summed E-state index contributed by atoms with van der Waals surface area (Å²) in [6, 6.07) is 13.8. The number of methoxy groups -OCH3 is 1. The quantitative estimate of drug-likeness (QED) is 0.107. The van der Waals surface area contributed by atoms with Crippen molar-refractivity contribution in [1.29, 1.82) is 0 Å². The highest BCUT2D eigenvalue weighted by atomic mass is 79.9. The van der Waals surface area contributed by atoms with E-state index < -0.39 is 53.3 Å². The molecule has 0 heterocycles. The number of nitrogens with one attached hydrogen (secondary N) is 2. The van der Waals surface area contributed by atoms with Crippen LogP contribution in [0, 0.1) is 0 Å². The summed E-state index contributed by atoms with van der Waals surface area (Å²) < 4.78 is 27.9. The number of esters is 1. The van der Waals surface area contributed by atoms with E-state index in [4.69, 9.17) is 30.4 Å². The normalized spacial score (nSPS) is 13.5. The molecule has 6 N–H and O–H groups in total. The molecule has 0 aliphatic carbocycles. The molecule has 0 saturated carbocycles. The van der Waals surface area contributed by atoms with Crippen LogP contribution in [0.15, 0.2) is 53.0 Å². The lowest BCUT2D eigenvalue weighted by molar-refractivity contribution is -0.119. The van der Waals surface area contributed by atoms with Gasteiger partial charge in [0.25, 0.3) is 0 Å². The molecule has 4 amide bonds. The molecule has 14 nitrogen and oxygen atoms in total. The number of carbonyl (C=O) groups excluding carboxylic acids is 5. The summed E-state index contributed by atoms with van der Waals surface area (Å²) in [5.74, 6) is -1.29. The number of rotatable bonds is 17. The molecule has 53 heavy (non-hydrogen) atoms. The zero-order valence-corrected chi connectivity index (χ0v) is 33.9. The number of nitrogens with two attached hydrogens (primary N) is 2. The third-order valence-corrected chi connectivity index (χ3v) is 7.78. The Morgan fingerprint density at radius 1 is 0.660 bits per heavy atom. The van der Waals surface area contributed by atoms with E-state index in [1.54, 1.807) is 72.7 Å². The first-order valence-electron chi connectivity index (χ1n) is 17.3. The van der Waals surface area contributed by atoms with Crippen LogP contribution in [-0.2, 0) is 46.5 Å². The van der Waals surface area contributed by atoms with E-state index in [0.717, 1.165) is 15.6 Å². The van der Waals surface area contributed by atoms with Crippen molar-refractivity contribution >= 4 is 45.9 Å². The third-order valence-electron chi connectivity index (χ3n) is 7.26. The van der Waals surface area contributed by atoms with Gasteiger partial charge < -0.3 is 45.8 Å². The molecule has 0 aromatic heterocycles. The van der Waals surface area contributed by atoms with Crippen LogP contribution in [-0.4, -0.2) is 72.6 Å². The van der Waals surface area contributed by atoms with Gasteiger partial charge in [-0.05, 0) is 104 Å². The van der Waals surface area contributed by atoms with Gasteiger partial charge in [0.2, 0.25) is 11.8 Å².